The highest BCUT2D eigenvalue weighted by molar-refractivity contribution is 7.98. The zero-order valence-electron chi connectivity index (χ0n) is 12.1. The minimum atomic E-state index is -0.169. The fourth-order valence-corrected chi connectivity index (χ4v) is 2.40. The third kappa shape index (κ3) is 4.30. The molecule has 6 nitrogen and oxygen atoms in total. The van der Waals surface area contributed by atoms with Crippen molar-refractivity contribution >= 4 is 17.7 Å². The molecule has 1 amide bonds. The summed E-state index contributed by atoms with van der Waals surface area (Å²) >= 11 is 1.53. The maximum absolute atomic E-state index is 11.5. The smallest absolute Gasteiger partial charge is 0.246 e. The Morgan fingerprint density at radius 3 is 2.76 bits per heavy atom. The first-order valence-electron chi connectivity index (χ1n) is 6.50. The molecule has 0 spiro atoms. The van der Waals surface area contributed by atoms with Crippen LogP contribution in [0.3, 0.4) is 0 Å². The molecule has 2 aromatic rings. The summed E-state index contributed by atoms with van der Waals surface area (Å²) in [4.78, 5) is 11.5. The summed E-state index contributed by atoms with van der Waals surface area (Å²) in [6, 6.07) is 10.1. The van der Waals surface area contributed by atoms with Gasteiger partial charge in [0.2, 0.25) is 5.91 Å². The lowest BCUT2D eigenvalue weighted by atomic mass is 10.2. The SMILES string of the molecule is COCC(=O)NCc1nnc(SC)n1Cc1ccccc1. The van der Waals surface area contributed by atoms with Gasteiger partial charge in [-0.05, 0) is 11.8 Å². The van der Waals surface area contributed by atoms with Gasteiger partial charge in [0.05, 0.1) is 13.1 Å². The second-order valence-corrected chi connectivity index (χ2v) is 5.16. The molecule has 0 saturated heterocycles. The Kier molecular flexibility index (Phi) is 5.77. The molecular formula is C14H18N4O2S. The van der Waals surface area contributed by atoms with Crippen LogP contribution < -0.4 is 5.32 Å². The van der Waals surface area contributed by atoms with Crippen molar-refractivity contribution in [2.45, 2.75) is 18.2 Å². The molecular weight excluding hydrogens is 288 g/mol. The predicted molar refractivity (Wildman–Crippen MR) is 81.1 cm³/mol. The Labute approximate surface area is 127 Å². The van der Waals surface area contributed by atoms with Crippen LogP contribution in [0.15, 0.2) is 35.5 Å². The van der Waals surface area contributed by atoms with Gasteiger partial charge in [-0.15, -0.1) is 10.2 Å². The average Bonchev–Trinajstić information content (AvgIpc) is 2.88. The van der Waals surface area contributed by atoms with E-state index in [9.17, 15) is 4.79 Å². The number of methoxy groups -OCH3 is 1. The minimum absolute atomic E-state index is 0.0439. The number of benzene rings is 1. The van der Waals surface area contributed by atoms with Gasteiger partial charge < -0.3 is 14.6 Å². The van der Waals surface area contributed by atoms with Gasteiger partial charge in [0.25, 0.3) is 0 Å². The van der Waals surface area contributed by atoms with E-state index in [1.807, 2.05) is 29.0 Å². The van der Waals surface area contributed by atoms with Crippen LogP contribution in [0.4, 0.5) is 0 Å². The molecule has 0 unspecified atom stereocenters. The lowest BCUT2D eigenvalue weighted by molar-refractivity contribution is -0.124. The third-order valence-corrected chi connectivity index (χ3v) is 3.55. The van der Waals surface area contributed by atoms with Gasteiger partial charge in [0.1, 0.15) is 6.61 Å². The quantitative estimate of drug-likeness (QED) is 0.781. The summed E-state index contributed by atoms with van der Waals surface area (Å²) in [7, 11) is 1.49. The largest absolute Gasteiger partial charge is 0.375 e. The first-order chi connectivity index (χ1) is 10.2. The summed E-state index contributed by atoms with van der Waals surface area (Å²) in [5.41, 5.74) is 1.16. The third-order valence-electron chi connectivity index (χ3n) is 2.88. The van der Waals surface area contributed by atoms with Gasteiger partial charge >= 0.3 is 0 Å². The molecule has 1 aromatic carbocycles. The molecule has 0 aliphatic carbocycles. The number of aromatic nitrogens is 3. The van der Waals surface area contributed by atoms with E-state index in [0.717, 1.165) is 16.5 Å². The Morgan fingerprint density at radius 2 is 2.10 bits per heavy atom. The first kappa shape index (κ1) is 15.5. The second kappa shape index (κ2) is 7.80. The van der Waals surface area contributed by atoms with Crippen LogP contribution in [-0.2, 0) is 22.6 Å². The number of ether oxygens (including phenoxy) is 1. The number of hydrogen-bond acceptors (Lipinski definition) is 5. The summed E-state index contributed by atoms with van der Waals surface area (Å²) in [6.45, 7) is 1.06. The number of carbonyl (C=O) groups is 1. The molecule has 0 atom stereocenters. The van der Waals surface area contributed by atoms with E-state index in [4.69, 9.17) is 4.74 Å². The van der Waals surface area contributed by atoms with Gasteiger partial charge in [-0.25, -0.2) is 0 Å². The van der Waals surface area contributed by atoms with Crippen molar-refractivity contribution in [3.05, 3.63) is 41.7 Å². The lowest BCUT2D eigenvalue weighted by Gasteiger charge is -2.10. The summed E-state index contributed by atoms with van der Waals surface area (Å²) in [5, 5.41) is 11.9. The summed E-state index contributed by atoms with van der Waals surface area (Å²) in [5.74, 6) is 0.560. The Hall–Kier alpha value is -1.86. The van der Waals surface area contributed by atoms with Crippen LogP contribution in [0.25, 0.3) is 0 Å². The molecule has 1 heterocycles. The van der Waals surface area contributed by atoms with E-state index in [1.165, 1.54) is 18.9 Å². The summed E-state index contributed by atoms with van der Waals surface area (Å²) < 4.78 is 6.79. The monoisotopic (exact) mass is 306 g/mol. The van der Waals surface area contributed by atoms with Crippen molar-refractivity contribution in [3.8, 4) is 0 Å². The molecule has 112 valence electrons. The Morgan fingerprint density at radius 1 is 1.33 bits per heavy atom. The van der Waals surface area contributed by atoms with E-state index in [2.05, 4.69) is 27.6 Å². The van der Waals surface area contributed by atoms with Gasteiger partial charge in [0, 0.05) is 7.11 Å². The van der Waals surface area contributed by atoms with Crippen LogP contribution in [0, 0.1) is 0 Å². The number of carbonyl (C=O) groups excluding carboxylic acids is 1. The van der Waals surface area contributed by atoms with Crippen molar-refractivity contribution in [1.29, 1.82) is 0 Å². The number of amides is 1. The standard InChI is InChI=1S/C14H18N4O2S/c1-20-10-13(19)15-8-12-16-17-14(21-2)18(12)9-11-6-4-3-5-7-11/h3-7H,8-10H2,1-2H3,(H,15,19). The average molecular weight is 306 g/mol. The van der Waals surface area contributed by atoms with Gasteiger partial charge in [-0.1, -0.05) is 42.1 Å². The van der Waals surface area contributed by atoms with Crippen LogP contribution in [-0.4, -0.2) is 40.6 Å². The molecule has 0 aliphatic rings. The van der Waals surface area contributed by atoms with E-state index < -0.39 is 0 Å². The minimum Gasteiger partial charge on any atom is -0.375 e. The second-order valence-electron chi connectivity index (χ2n) is 4.38. The maximum Gasteiger partial charge on any atom is 0.246 e. The van der Waals surface area contributed by atoms with Crippen LogP contribution >= 0.6 is 11.8 Å². The fourth-order valence-electron chi connectivity index (χ4n) is 1.89. The van der Waals surface area contributed by atoms with Gasteiger partial charge in [0.15, 0.2) is 11.0 Å². The van der Waals surface area contributed by atoms with Crippen LogP contribution in [0.2, 0.25) is 0 Å². The van der Waals surface area contributed by atoms with Crippen molar-refractivity contribution in [3.63, 3.8) is 0 Å². The molecule has 1 aromatic heterocycles. The summed E-state index contributed by atoms with van der Waals surface area (Å²) in [6.07, 6.45) is 1.96. The highest BCUT2D eigenvalue weighted by Gasteiger charge is 2.12. The molecule has 7 heteroatoms. The van der Waals surface area contributed by atoms with Crippen LogP contribution in [0.1, 0.15) is 11.4 Å². The fraction of sp³-hybridized carbons (Fsp3) is 0.357. The molecule has 1 N–H and O–H groups in total. The molecule has 0 fully saturated rings. The van der Waals surface area contributed by atoms with E-state index >= 15 is 0 Å². The van der Waals surface area contributed by atoms with Crippen molar-refractivity contribution in [2.75, 3.05) is 20.0 Å². The predicted octanol–water partition coefficient (Wildman–Crippen LogP) is 1.31. The zero-order valence-corrected chi connectivity index (χ0v) is 12.9. The maximum atomic E-state index is 11.5. The van der Waals surface area contributed by atoms with E-state index in [1.54, 1.807) is 0 Å². The Balaban J connectivity index is 2.11. The molecule has 2 rings (SSSR count). The van der Waals surface area contributed by atoms with Crippen molar-refractivity contribution in [1.82, 2.24) is 20.1 Å². The number of thioether (sulfide) groups is 1. The van der Waals surface area contributed by atoms with Crippen LogP contribution in [0.5, 0.6) is 0 Å². The number of rotatable bonds is 7. The first-order valence-corrected chi connectivity index (χ1v) is 7.72. The Bertz CT molecular complexity index is 586. The topological polar surface area (TPSA) is 69.0 Å². The lowest BCUT2D eigenvalue weighted by Crippen LogP contribution is -2.28. The number of hydrogen-bond donors (Lipinski definition) is 1. The highest BCUT2D eigenvalue weighted by Crippen LogP contribution is 2.16. The number of nitrogens with one attached hydrogen (secondary N) is 1. The molecule has 21 heavy (non-hydrogen) atoms. The zero-order chi connectivity index (χ0) is 15.1. The molecule has 0 saturated carbocycles. The highest BCUT2D eigenvalue weighted by atomic mass is 32.2. The molecule has 0 radical (unpaired) electrons. The normalized spacial score (nSPS) is 10.6. The van der Waals surface area contributed by atoms with E-state index in [0.29, 0.717) is 13.1 Å². The number of nitrogens with zero attached hydrogens (tertiary/aromatic N) is 3. The molecule has 0 aliphatic heterocycles. The van der Waals surface area contributed by atoms with Gasteiger partial charge in [-0.3, -0.25) is 4.79 Å². The van der Waals surface area contributed by atoms with Crippen molar-refractivity contribution in [2.24, 2.45) is 0 Å². The van der Waals surface area contributed by atoms with E-state index in [-0.39, 0.29) is 12.5 Å². The van der Waals surface area contributed by atoms with Gasteiger partial charge in [-0.2, -0.15) is 0 Å². The van der Waals surface area contributed by atoms with Crippen molar-refractivity contribution < 1.29 is 9.53 Å². The molecule has 0 bridgehead atoms.